The van der Waals surface area contributed by atoms with Crippen molar-refractivity contribution in [3.05, 3.63) is 59.2 Å². The van der Waals surface area contributed by atoms with Gasteiger partial charge < -0.3 is 5.11 Å². The highest BCUT2D eigenvalue weighted by atomic mass is 32.2. The smallest absolute Gasteiger partial charge is 0.262 e. The third-order valence-corrected chi connectivity index (χ3v) is 4.54. The van der Waals surface area contributed by atoms with Gasteiger partial charge in [0.15, 0.2) is 0 Å². The van der Waals surface area contributed by atoms with Crippen LogP contribution in [0.4, 0.5) is 14.5 Å². The van der Waals surface area contributed by atoms with Gasteiger partial charge in [0.1, 0.15) is 11.6 Å². The summed E-state index contributed by atoms with van der Waals surface area (Å²) in [6, 6.07) is 6.87. The van der Waals surface area contributed by atoms with Crippen molar-refractivity contribution in [3.63, 3.8) is 0 Å². The van der Waals surface area contributed by atoms with Crippen LogP contribution in [0.1, 0.15) is 11.1 Å². The van der Waals surface area contributed by atoms with Gasteiger partial charge in [0.25, 0.3) is 10.0 Å². The molecule has 0 aliphatic heterocycles. The van der Waals surface area contributed by atoms with E-state index in [1.54, 1.807) is 6.07 Å². The van der Waals surface area contributed by atoms with Gasteiger partial charge in [-0.05, 0) is 36.2 Å². The summed E-state index contributed by atoms with van der Waals surface area (Å²) in [5.41, 5.74) is 0.325. The molecular formula is C14H13F2NO3S. The van der Waals surface area contributed by atoms with Crippen molar-refractivity contribution < 1.29 is 22.3 Å². The molecule has 2 rings (SSSR count). The van der Waals surface area contributed by atoms with E-state index in [2.05, 4.69) is 0 Å². The fourth-order valence-electron chi connectivity index (χ4n) is 1.90. The number of sulfonamides is 1. The highest BCUT2D eigenvalue weighted by molar-refractivity contribution is 7.92. The van der Waals surface area contributed by atoms with Crippen LogP contribution in [0.2, 0.25) is 0 Å². The van der Waals surface area contributed by atoms with Gasteiger partial charge in [-0.1, -0.05) is 12.1 Å². The minimum atomic E-state index is -4.08. The standard InChI is InChI=1S/C14H13F2NO3S/c1-9-10(8-18)3-2-4-14(9)21(19,20)17-13-7-11(15)5-6-12(13)16/h2-7,17-18H,8H2,1H3. The molecule has 112 valence electrons. The Kier molecular flexibility index (Phi) is 4.24. The molecule has 0 radical (unpaired) electrons. The monoisotopic (exact) mass is 313 g/mol. The molecule has 4 nitrogen and oxygen atoms in total. The Hall–Kier alpha value is -1.99. The number of aliphatic hydroxyl groups is 1. The zero-order valence-electron chi connectivity index (χ0n) is 11.1. The van der Waals surface area contributed by atoms with E-state index in [0.717, 1.165) is 18.2 Å². The van der Waals surface area contributed by atoms with E-state index in [9.17, 15) is 17.2 Å². The van der Waals surface area contributed by atoms with Crippen LogP contribution in [0.15, 0.2) is 41.3 Å². The van der Waals surface area contributed by atoms with Crippen LogP contribution in [-0.2, 0) is 16.6 Å². The van der Waals surface area contributed by atoms with E-state index in [1.807, 2.05) is 4.72 Å². The summed E-state index contributed by atoms with van der Waals surface area (Å²) in [6.07, 6.45) is 0. The molecule has 0 amide bonds. The van der Waals surface area contributed by atoms with Gasteiger partial charge in [-0.2, -0.15) is 0 Å². The Labute approximate surface area is 121 Å². The second kappa shape index (κ2) is 5.79. The normalized spacial score (nSPS) is 11.4. The Morgan fingerprint density at radius 2 is 1.90 bits per heavy atom. The van der Waals surface area contributed by atoms with Crippen LogP contribution in [0, 0.1) is 18.6 Å². The molecule has 2 aromatic carbocycles. The molecule has 0 atom stereocenters. The highest BCUT2D eigenvalue weighted by Crippen LogP contribution is 2.24. The first-order chi connectivity index (χ1) is 9.85. The molecular weight excluding hydrogens is 300 g/mol. The van der Waals surface area contributed by atoms with Gasteiger partial charge in [-0.25, -0.2) is 17.2 Å². The second-order valence-electron chi connectivity index (χ2n) is 4.43. The van der Waals surface area contributed by atoms with Gasteiger partial charge >= 0.3 is 0 Å². The van der Waals surface area contributed by atoms with Crippen LogP contribution < -0.4 is 4.72 Å². The average molecular weight is 313 g/mol. The zero-order chi connectivity index (χ0) is 15.6. The van der Waals surface area contributed by atoms with Gasteiger partial charge in [0.2, 0.25) is 0 Å². The molecule has 0 bridgehead atoms. The molecule has 0 saturated heterocycles. The third-order valence-electron chi connectivity index (χ3n) is 3.03. The molecule has 2 N–H and O–H groups in total. The lowest BCUT2D eigenvalue weighted by Gasteiger charge is -2.13. The maximum Gasteiger partial charge on any atom is 0.262 e. The lowest BCUT2D eigenvalue weighted by molar-refractivity contribution is 0.280. The number of hydrogen-bond acceptors (Lipinski definition) is 3. The molecule has 0 aliphatic rings. The molecule has 0 unspecified atom stereocenters. The third kappa shape index (κ3) is 3.20. The van der Waals surface area contributed by atoms with Crippen molar-refractivity contribution in [2.75, 3.05) is 4.72 Å². The minimum absolute atomic E-state index is 0.0993. The fraction of sp³-hybridized carbons (Fsp3) is 0.143. The Bertz CT molecular complexity index is 776. The van der Waals surface area contributed by atoms with Gasteiger partial charge in [-0.15, -0.1) is 0 Å². The number of anilines is 1. The van der Waals surface area contributed by atoms with Crippen LogP contribution in [0.5, 0.6) is 0 Å². The van der Waals surface area contributed by atoms with E-state index in [-0.39, 0.29) is 11.5 Å². The summed E-state index contributed by atoms with van der Waals surface area (Å²) < 4.78 is 53.2. The molecule has 0 spiro atoms. The predicted molar refractivity (Wildman–Crippen MR) is 74.3 cm³/mol. The van der Waals surface area contributed by atoms with Crippen LogP contribution in [0.3, 0.4) is 0 Å². The van der Waals surface area contributed by atoms with E-state index in [1.165, 1.54) is 19.1 Å². The molecule has 7 heteroatoms. The van der Waals surface area contributed by atoms with E-state index >= 15 is 0 Å². The van der Waals surface area contributed by atoms with Crippen molar-refractivity contribution in [1.29, 1.82) is 0 Å². The maximum absolute atomic E-state index is 13.5. The topological polar surface area (TPSA) is 66.4 Å². The second-order valence-corrected chi connectivity index (χ2v) is 6.08. The zero-order valence-corrected chi connectivity index (χ0v) is 11.9. The molecule has 0 aromatic heterocycles. The molecule has 0 saturated carbocycles. The summed E-state index contributed by atoms with van der Waals surface area (Å²) in [7, 11) is -4.08. The first-order valence-corrected chi connectivity index (χ1v) is 7.50. The van der Waals surface area contributed by atoms with Crippen molar-refractivity contribution in [2.45, 2.75) is 18.4 Å². The number of rotatable bonds is 4. The predicted octanol–water partition coefficient (Wildman–Crippen LogP) is 2.57. The highest BCUT2D eigenvalue weighted by Gasteiger charge is 2.20. The SMILES string of the molecule is Cc1c(CO)cccc1S(=O)(=O)Nc1cc(F)ccc1F. The lowest BCUT2D eigenvalue weighted by Crippen LogP contribution is -2.16. The number of hydrogen-bond donors (Lipinski definition) is 2. The molecule has 0 aliphatic carbocycles. The van der Waals surface area contributed by atoms with E-state index in [0.29, 0.717) is 11.1 Å². The van der Waals surface area contributed by atoms with Crippen LogP contribution >= 0.6 is 0 Å². The van der Waals surface area contributed by atoms with Gasteiger partial charge in [0, 0.05) is 6.07 Å². The summed E-state index contributed by atoms with van der Waals surface area (Å²) in [5.74, 6) is -1.63. The first kappa shape index (κ1) is 15.4. The van der Waals surface area contributed by atoms with Gasteiger partial charge in [0.05, 0.1) is 17.2 Å². The van der Waals surface area contributed by atoms with Crippen molar-refractivity contribution in [3.8, 4) is 0 Å². The summed E-state index contributed by atoms with van der Waals surface area (Å²) in [6.45, 7) is 1.21. The quantitative estimate of drug-likeness (QED) is 0.911. The lowest BCUT2D eigenvalue weighted by atomic mass is 10.1. The van der Waals surface area contributed by atoms with Crippen LogP contribution in [0.25, 0.3) is 0 Å². The maximum atomic E-state index is 13.5. The number of aliphatic hydroxyl groups excluding tert-OH is 1. The molecule has 2 aromatic rings. The molecule has 21 heavy (non-hydrogen) atoms. The van der Waals surface area contributed by atoms with Crippen LogP contribution in [-0.4, -0.2) is 13.5 Å². The molecule has 0 fully saturated rings. The largest absolute Gasteiger partial charge is 0.392 e. The summed E-state index contributed by atoms with van der Waals surface area (Å²) >= 11 is 0. The minimum Gasteiger partial charge on any atom is -0.392 e. The average Bonchev–Trinajstić information content (AvgIpc) is 2.42. The Balaban J connectivity index is 2.46. The fourth-order valence-corrected chi connectivity index (χ4v) is 3.25. The molecule has 0 heterocycles. The van der Waals surface area contributed by atoms with Crippen molar-refractivity contribution in [1.82, 2.24) is 0 Å². The summed E-state index contributed by atoms with van der Waals surface area (Å²) in [4.78, 5) is -0.0993. The number of halogens is 2. The van der Waals surface area contributed by atoms with Crippen molar-refractivity contribution >= 4 is 15.7 Å². The Morgan fingerprint density at radius 1 is 1.19 bits per heavy atom. The van der Waals surface area contributed by atoms with E-state index in [4.69, 9.17) is 5.11 Å². The Morgan fingerprint density at radius 3 is 2.57 bits per heavy atom. The first-order valence-electron chi connectivity index (χ1n) is 6.02. The number of benzene rings is 2. The summed E-state index contributed by atoms with van der Waals surface area (Å²) in [5, 5.41) is 9.15. The van der Waals surface area contributed by atoms with E-state index < -0.39 is 27.3 Å². The van der Waals surface area contributed by atoms with Gasteiger partial charge in [-0.3, -0.25) is 4.72 Å². The van der Waals surface area contributed by atoms with Crippen molar-refractivity contribution in [2.24, 2.45) is 0 Å². The number of nitrogens with one attached hydrogen (secondary N) is 1.